The van der Waals surface area contributed by atoms with E-state index in [9.17, 15) is 10.1 Å². The zero-order chi connectivity index (χ0) is 14.0. The molecule has 0 aliphatic heterocycles. The Morgan fingerprint density at radius 3 is 2.58 bits per heavy atom. The SMILES string of the molecule is Nc1cc(Sc2cc(Cl)ccc2Cl)cc([N+](=O)[O-])c1. The molecule has 98 valence electrons. The lowest BCUT2D eigenvalue weighted by molar-refractivity contribution is -0.385. The van der Waals surface area contributed by atoms with Crippen LogP contribution >= 0.6 is 35.0 Å². The van der Waals surface area contributed by atoms with Gasteiger partial charge in [0.1, 0.15) is 0 Å². The van der Waals surface area contributed by atoms with Crippen molar-refractivity contribution >= 4 is 46.3 Å². The van der Waals surface area contributed by atoms with E-state index < -0.39 is 4.92 Å². The Hall–Kier alpha value is -1.43. The lowest BCUT2D eigenvalue weighted by Gasteiger charge is -2.05. The maximum Gasteiger partial charge on any atom is 0.272 e. The van der Waals surface area contributed by atoms with E-state index in [4.69, 9.17) is 28.9 Å². The van der Waals surface area contributed by atoms with E-state index in [0.717, 1.165) is 0 Å². The quantitative estimate of drug-likeness (QED) is 0.509. The number of nitrogen functional groups attached to an aromatic ring is 1. The molecule has 2 aromatic carbocycles. The van der Waals surface area contributed by atoms with Crippen molar-refractivity contribution in [1.29, 1.82) is 0 Å². The molecular weight excluding hydrogens is 307 g/mol. The Bertz CT molecular complexity index is 650. The Morgan fingerprint density at radius 1 is 1.16 bits per heavy atom. The average molecular weight is 315 g/mol. The number of benzene rings is 2. The van der Waals surface area contributed by atoms with Crippen LogP contribution in [-0.2, 0) is 0 Å². The summed E-state index contributed by atoms with van der Waals surface area (Å²) in [5.41, 5.74) is 5.92. The van der Waals surface area contributed by atoms with Gasteiger partial charge in [-0.2, -0.15) is 0 Å². The number of nitro groups is 1. The predicted octanol–water partition coefficient (Wildman–Crippen LogP) is 4.64. The van der Waals surface area contributed by atoms with Gasteiger partial charge in [0.25, 0.3) is 5.69 Å². The van der Waals surface area contributed by atoms with Crippen LogP contribution in [0.15, 0.2) is 46.2 Å². The summed E-state index contributed by atoms with van der Waals surface area (Å²) in [4.78, 5) is 11.6. The first-order chi connectivity index (χ1) is 8.95. The number of halogens is 2. The van der Waals surface area contributed by atoms with Crippen molar-refractivity contribution in [3.05, 3.63) is 56.6 Å². The van der Waals surface area contributed by atoms with E-state index in [-0.39, 0.29) is 5.69 Å². The van der Waals surface area contributed by atoms with Crippen LogP contribution in [0, 0.1) is 10.1 Å². The third-order valence-corrected chi connectivity index (χ3v) is 3.95. The highest BCUT2D eigenvalue weighted by Gasteiger charge is 2.11. The number of rotatable bonds is 3. The normalized spacial score (nSPS) is 10.4. The monoisotopic (exact) mass is 314 g/mol. The fourth-order valence-corrected chi connectivity index (χ4v) is 2.90. The van der Waals surface area contributed by atoms with Gasteiger partial charge in [-0.15, -0.1) is 0 Å². The molecule has 0 aliphatic rings. The molecule has 2 N–H and O–H groups in total. The summed E-state index contributed by atoms with van der Waals surface area (Å²) in [7, 11) is 0. The molecule has 0 heterocycles. The molecule has 4 nitrogen and oxygen atoms in total. The molecule has 0 spiro atoms. The van der Waals surface area contributed by atoms with E-state index >= 15 is 0 Å². The van der Waals surface area contributed by atoms with Crippen LogP contribution in [0.3, 0.4) is 0 Å². The molecule has 0 unspecified atom stereocenters. The summed E-state index contributed by atoms with van der Waals surface area (Å²) in [5, 5.41) is 11.8. The molecule has 0 atom stereocenters. The molecular formula is C12H8Cl2N2O2S. The third-order valence-electron chi connectivity index (χ3n) is 2.25. The molecule has 19 heavy (non-hydrogen) atoms. The van der Waals surface area contributed by atoms with E-state index in [1.54, 1.807) is 24.3 Å². The molecule has 0 aromatic heterocycles. The number of nitrogens with two attached hydrogens (primary N) is 1. The van der Waals surface area contributed by atoms with E-state index in [1.807, 2.05) is 0 Å². The number of nitrogens with zero attached hydrogens (tertiary/aromatic N) is 1. The molecule has 0 radical (unpaired) electrons. The summed E-state index contributed by atoms with van der Waals surface area (Å²) in [5.74, 6) is 0. The van der Waals surface area contributed by atoms with Crippen molar-refractivity contribution in [2.75, 3.05) is 5.73 Å². The minimum atomic E-state index is -0.486. The summed E-state index contributed by atoms with van der Waals surface area (Å²) in [6.07, 6.45) is 0. The molecule has 2 aromatic rings. The van der Waals surface area contributed by atoms with Crippen LogP contribution in [0.4, 0.5) is 11.4 Å². The van der Waals surface area contributed by atoms with Crippen LogP contribution in [0.25, 0.3) is 0 Å². The third kappa shape index (κ3) is 3.53. The maximum atomic E-state index is 10.8. The fraction of sp³-hybridized carbons (Fsp3) is 0. The Balaban J connectivity index is 2.38. The number of anilines is 1. The number of hydrogen-bond acceptors (Lipinski definition) is 4. The molecule has 0 bridgehead atoms. The van der Waals surface area contributed by atoms with Gasteiger partial charge in [-0.25, -0.2) is 0 Å². The second kappa shape index (κ2) is 5.69. The molecule has 7 heteroatoms. The molecule has 0 saturated heterocycles. The lowest BCUT2D eigenvalue weighted by Crippen LogP contribution is -1.92. The van der Waals surface area contributed by atoms with Gasteiger partial charge in [0.15, 0.2) is 0 Å². The van der Waals surface area contributed by atoms with E-state index in [1.165, 1.54) is 23.9 Å². The average Bonchev–Trinajstić information content (AvgIpc) is 2.33. The van der Waals surface area contributed by atoms with Crippen molar-refractivity contribution in [3.8, 4) is 0 Å². The largest absolute Gasteiger partial charge is 0.398 e. The number of nitro benzene ring substituents is 1. The van der Waals surface area contributed by atoms with Gasteiger partial charge < -0.3 is 5.73 Å². The van der Waals surface area contributed by atoms with Gasteiger partial charge in [0, 0.05) is 32.6 Å². The van der Waals surface area contributed by atoms with Gasteiger partial charge >= 0.3 is 0 Å². The molecule has 0 saturated carbocycles. The first kappa shape index (κ1) is 14.0. The van der Waals surface area contributed by atoms with Gasteiger partial charge in [-0.1, -0.05) is 35.0 Å². The Morgan fingerprint density at radius 2 is 1.89 bits per heavy atom. The first-order valence-corrected chi connectivity index (χ1v) is 6.71. The first-order valence-electron chi connectivity index (χ1n) is 5.13. The van der Waals surface area contributed by atoms with Gasteiger partial charge in [0.05, 0.1) is 9.95 Å². The Kier molecular flexibility index (Phi) is 4.19. The van der Waals surface area contributed by atoms with Crippen molar-refractivity contribution in [2.45, 2.75) is 9.79 Å². The van der Waals surface area contributed by atoms with Crippen molar-refractivity contribution in [1.82, 2.24) is 0 Å². The van der Waals surface area contributed by atoms with Gasteiger partial charge in [-0.05, 0) is 24.3 Å². The van der Waals surface area contributed by atoms with Crippen LogP contribution in [0.5, 0.6) is 0 Å². The zero-order valence-corrected chi connectivity index (χ0v) is 11.8. The van der Waals surface area contributed by atoms with E-state index in [0.29, 0.717) is 25.5 Å². The summed E-state index contributed by atoms with van der Waals surface area (Å²) in [6, 6.07) is 9.45. The molecule has 0 aliphatic carbocycles. The summed E-state index contributed by atoms with van der Waals surface area (Å²) < 4.78 is 0. The summed E-state index contributed by atoms with van der Waals surface area (Å²) in [6.45, 7) is 0. The molecule has 0 amide bonds. The fourth-order valence-electron chi connectivity index (χ4n) is 1.45. The van der Waals surface area contributed by atoms with Crippen LogP contribution in [0.2, 0.25) is 10.0 Å². The summed E-state index contributed by atoms with van der Waals surface area (Å²) >= 11 is 13.2. The topological polar surface area (TPSA) is 69.2 Å². The highest BCUT2D eigenvalue weighted by Crippen LogP contribution is 2.37. The van der Waals surface area contributed by atoms with E-state index in [2.05, 4.69) is 0 Å². The number of hydrogen-bond donors (Lipinski definition) is 1. The minimum Gasteiger partial charge on any atom is -0.398 e. The van der Waals surface area contributed by atoms with Crippen molar-refractivity contribution in [3.63, 3.8) is 0 Å². The second-order valence-electron chi connectivity index (χ2n) is 3.69. The second-order valence-corrected chi connectivity index (χ2v) is 5.65. The van der Waals surface area contributed by atoms with Crippen LogP contribution < -0.4 is 5.73 Å². The predicted molar refractivity (Wildman–Crippen MR) is 78.1 cm³/mol. The zero-order valence-electron chi connectivity index (χ0n) is 9.47. The highest BCUT2D eigenvalue weighted by molar-refractivity contribution is 7.99. The number of non-ortho nitro benzene ring substituents is 1. The maximum absolute atomic E-state index is 10.8. The van der Waals surface area contributed by atoms with Crippen LogP contribution in [0.1, 0.15) is 0 Å². The smallest absolute Gasteiger partial charge is 0.272 e. The Labute approximate surface area is 123 Å². The molecule has 0 fully saturated rings. The minimum absolute atomic E-state index is 0.0550. The van der Waals surface area contributed by atoms with Gasteiger partial charge in [-0.3, -0.25) is 10.1 Å². The highest BCUT2D eigenvalue weighted by atomic mass is 35.5. The molecule has 2 rings (SSSR count). The van der Waals surface area contributed by atoms with Crippen LogP contribution in [-0.4, -0.2) is 4.92 Å². The van der Waals surface area contributed by atoms with Crippen molar-refractivity contribution < 1.29 is 4.92 Å². The van der Waals surface area contributed by atoms with Gasteiger partial charge in [0.2, 0.25) is 0 Å². The standard InChI is InChI=1S/C12H8Cl2N2O2S/c13-7-1-2-11(14)12(3-7)19-10-5-8(15)4-9(6-10)16(17)18/h1-6H,15H2. The van der Waals surface area contributed by atoms with Crippen molar-refractivity contribution in [2.24, 2.45) is 0 Å². The lowest BCUT2D eigenvalue weighted by atomic mass is 10.3.